The molecule has 0 atom stereocenters. The van der Waals surface area contributed by atoms with Crippen molar-refractivity contribution in [2.75, 3.05) is 38.3 Å². The van der Waals surface area contributed by atoms with Crippen LogP contribution < -0.4 is 15.0 Å². The van der Waals surface area contributed by atoms with E-state index in [0.29, 0.717) is 39.2 Å². The van der Waals surface area contributed by atoms with Crippen LogP contribution >= 0.6 is 0 Å². The van der Waals surface area contributed by atoms with E-state index in [0.717, 1.165) is 28.1 Å². The maximum atomic E-state index is 12.3. The SMILES string of the molecule is CCOc1ccc(/C=C/C(=O)NCCC2(c3ccc4c(c3)CC(=O)N4C)OCCO2)cc1. The van der Waals surface area contributed by atoms with E-state index in [1.54, 1.807) is 18.0 Å². The van der Waals surface area contributed by atoms with Gasteiger partial charge in [-0.1, -0.05) is 18.2 Å². The van der Waals surface area contributed by atoms with Gasteiger partial charge < -0.3 is 24.4 Å². The average Bonchev–Trinajstić information content (AvgIpc) is 3.38. The zero-order valence-corrected chi connectivity index (χ0v) is 18.4. The molecule has 2 aliphatic heterocycles. The third kappa shape index (κ3) is 4.69. The molecule has 2 amide bonds. The number of benzene rings is 2. The first kappa shape index (κ1) is 22.0. The summed E-state index contributed by atoms with van der Waals surface area (Å²) in [5, 5.41) is 2.90. The Morgan fingerprint density at radius 1 is 1.19 bits per heavy atom. The molecule has 0 radical (unpaired) electrons. The van der Waals surface area contributed by atoms with Gasteiger partial charge in [-0.05, 0) is 48.4 Å². The lowest BCUT2D eigenvalue weighted by atomic mass is 9.98. The summed E-state index contributed by atoms with van der Waals surface area (Å²) in [4.78, 5) is 25.9. The van der Waals surface area contributed by atoms with Crippen LogP contribution in [0.4, 0.5) is 5.69 Å². The van der Waals surface area contributed by atoms with Crippen molar-refractivity contribution in [2.45, 2.75) is 25.6 Å². The van der Waals surface area contributed by atoms with E-state index < -0.39 is 5.79 Å². The number of nitrogens with one attached hydrogen (secondary N) is 1. The predicted octanol–water partition coefficient (Wildman–Crippen LogP) is 3.02. The Hall–Kier alpha value is -3.16. The number of carbonyl (C=O) groups excluding carboxylic acids is 2. The second-order valence-corrected chi connectivity index (χ2v) is 7.80. The molecule has 2 aliphatic rings. The van der Waals surface area contributed by atoms with Crippen LogP contribution in [0, 0.1) is 0 Å². The second kappa shape index (κ2) is 9.54. The zero-order valence-electron chi connectivity index (χ0n) is 18.4. The molecule has 1 N–H and O–H groups in total. The first-order chi connectivity index (χ1) is 15.5. The lowest BCUT2D eigenvalue weighted by Gasteiger charge is -2.28. The van der Waals surface area contributed by atoms with Crippen LogP contribution in [0.5, 0.6) is 5.75 Å². The van der Waals surface area contributed by atoms with Gasteiger partial charge in [0.15, 0.2) is 5.79 Å². The van der Waals surface area contributed by atoms with Gasteiger partial charge in [-0.3, -0.25) is 9.59 Å². The molecule has 1 saturated heterocycles. The molecule has 32 heavy (non-hydrogen) atoms. The number of nitrogens with zero attached hydrogens (tertiary/aromatic N) is 1. The van der Waals surface area contributed by atoms with Crippen molar-refractivity contribution in [3.05, 3.63) is 65.2 Å². The highest BCUT2D eigenvalue weighted by molar-refractivity contribution is 6.01. The second-order valence-electron chi connectivity index (χ2n) is 7.80. The summed E-state index contributed by atoms with van der Waals surface area (Å²) in [6.45, 7) is 3.92. The number of fused-ring (bicyclic) bond motifs is 1. The third-order valence-corrected chi connectivity index (χ3v) is 5.72. The minimum Gasteiger partial charge on any atom is -0.494 e. The molecule has 1 fully saturated rings. The summed E-state index contributed by atoms with van der Waals surface area (Å²) in [7, 11) is 1.78. The smallest absolute Gasteiger partial charge is 0.244 e. The van der Waals surface area contributed by atoms with E-state index in [1.807, 2.05) is 49.4 Å². The van der Waals surface area contributed by atoms with E-state index in [4.69, 9.17) is 14.2 Å². The Morgan fingerprint density at radius 2 is 1.94 bits per heavy atom. The molecule has 2 aromatic rings. The van der Waals surface area contributed by atoms with Crippen LogP contribution in [0.3, 0.4) is 0 Å². The normalized spacial score (nSPS) is 17.1. The molecule has 2 heterocycles. The molecule has 7 heteroatoms. The Bertz CT molecular complexity index is 1010. The zero-order chi connectivity index (χ0) is 22.6. The number of rotatable bonds is 8. The Morgan fingerprint density at radius 3 is 2.66 bits per heavy atom. The molecular weight excluding hydrogens is 408 g/mol. The van der Waals surface area contributed by atoms with E-state index in [-0.39, 0.29) is 11.8 Å². The highest BCUT2D eigenvalue weighted by Crippen LogP contribution is 2.38. The third-order valence-electron chi connectivity index (χ3n) is 5.72. The standard InChI is InChI=1S/C25H28N2O5/c1-3-30-21-8-4-18(5-9-21)6-11-23(28)26-13-12-25(31-14-15-32-25)20-7-10-22-19(16-20)17-24(29)27(22)2/h4-11,16H,3,12-15,17H2,1-2H3,(H,26,28)/b11-6+. The molecule has 0 saturated carbocycles. The number of ether oxygens (including phenoxy) is 3. The molecular formula is C25H28N2O5. The van der Waals surface area contributed by atoms with Gasteiger partial charge in [0.05, 0.1) is 26.2 Å². The quantitative estimate of drug-likeness (QED) is 0.644. The summed E-state index contributed by atoms with van der Waals surface area (Å²) < 4.78 is 17.4. The summed E-state index contributed by atoms with van der Waals surface area (Å²) in [6, 6.07) is 13.4. The number of carbonyl (C=O) groups is 2. The van der Waals surface area contributed by atoms with Gasteiger partial charge in [0.2, 0.25) is 11.8 Å². The predicted molar refractivity (Wildman–Crippen MR) is 121 cm³/mol. The lowest BCUT2D eigenvalue weighted by molar-refractivity contribution is -0.170. The van der Waals surface area contributed by atoms with Crippen molar-refractivity contribution < 1.29 is 23.8 Å². The van der Waals surface area contributed by atoms with Crippen molar-refractivity contribution in [3.8, 4) is 5.75 Å². The van der Waals surface area contributed by atoms with Gasteiger partial charge in [-0.2, -0.15) is 0 Å². The van der Waals surface area contributed by atoms with Crippen LogP contribution in [-0.2, 0) is 31.3 Å². The summed E-state index contributed by atoms with van der Waals surface area (Å²) >= 11 is 0. The van der Waals surface area contributed by atoms with E-state index >= 15 is 0 Å². The van der Waals surface area contributed by atoms with Gasteiger partial charge in [-0.25, -0.2) is 0 Å². The minimum absolute atomic E-state index is 0.0750. The molecule has 0 unspecified atom stereocenters. The van der Waals surface area contributed by atoms with E-state index in [2.05, 4.69) is 5.32 Å². The topological polar surface area (TPSA) is 77.1 Å². The lowest BCUT2D eigenvalue weighted by Crippen LogP contribution is -2.33. The summed E-state index contributed by atoms with van der Waals surface area (Å²) in [6.07, 6.45) is 4.12. The minimum atomic E-state index is -0.911. The van der Waals surface area contributed by atoms with Crippen molar-refractivity contribution in [2.24, 2.45) is 0 Å². The molecule has 0 aromatic heterocycles. The number of hydrogen-bond donors (Lipinski definition) is 1. The van der Waals surface area contributed by atoms with Gasteiger partial charge in [0.1, 0.15) is 5.75 Å². The van der Waals surface area contributed by atoms with Gasteiger partial charge >= 0.3 is 0 Å². The molecule has 0 bridgehead atoms. The van der Waals surface area contributed by atoms with Crippen LogP contribution in [0.15, 0.2) is 48.5 Å². The number of likely N-dealkylation sites (N-methyl/N-ethyl adjacent to an activating group) is 1. The molecule has 0 aliphatic carbocycles. The molecule has 7 nitrogen and oxygen atoms in total. The first-order valence-electron chi connectivity index (χ1n) is 10.9. The van der Waals surface area contributed by atoms with Gasteiger partial charge in [0.25, 0.3) is 0 Å². The van der Waals surface area contributed by atoms with Crippen molar-refractivity contribution in [1.29, 1.82) is 0 Å². The Kier molecular flexibility index (Phi) is 6.58. The summed E-state index contributed by atoms with van der Waals surface area (Å²) in [5.41, 5.74) is 3.67. The van der Waals surface area contributed by atoms with Crippen LogP contribution in [0.25, 0.3) is 6.08 Å². The monoisotopic (exact) mass is 436 g/mol. The molecule has 0 spiro atoms. The Labute approximate surface area is 188 Å². The fourth-order valence-corrected chi connectivity index (χ4v) is 4.04. The number of amides is 2. The number of anilines is 1. The highest BCUT2D eigenvalue weighted by Gasteiger charge is 2.39. The van der Waals surface area contributed by atoms with Crippen LogP contribution in [0.2, 0.25) is 0 Å². The highest BCUT2D eigenvalue weighted by atomic mass is 16.7. The van der Waals surface area contributed by atoms with E-state index in [1.165, 1.54) is 6.08 Å². The maximum Gasteiger partial charge on any atom is 0.244 e. The fourth-order valence-electron chi connectivity index (χ4n) is 4.04. The molecule has 2 aromatic carbocycles. The molecule has 4 rings (SSSR count). The van der Waals surface area contributed by atoms with Gasteiger partial charge in [-0.15, -0.1) is 0 Å². The Balaban J connectivity index is 1.36. The van der Waals surface area contributed by atoms with Crippen molar-refractivity contribution in [1.82, 2.24) is 5.32 Å². The fraction of sp³-hybridized carbons (Fsp3) is 0.360. The van der Waals surface area contributed by atoms with Crippen LogP contribution in [0.1, 0.15) is 30.0 Å². The van der Waals surface area contributed by atoms with Crippen molar-refractivity contribution >= 4 is 23.6 Å². The first-order valence-corrected chi connectivity index (χ1v) is 10.9. The van der Waals surface area contributed by atoms with Crippen LogP contribution in [-0.4, -0.2) is 45.2 Å². The van der Waals surface area contributed by atoms with Gasteiger partial charge in [0, 0.05) is 37.3 Å². The average molecular weight is 437 g/mol. The molecule has 168 valence electrons. The largest absolute Gasteiger partial charge is 0.494 e. The van der Waals surface area contributed by atoms with Crippen molar-refractivity contribution in [3.63, 3.8) is 0 Å². The maximum absolute atomic E-state index is 12.3. The summed E-state index contributed by atoms with van der Waals surface area (Å²) in [5.74, 6) is -0.219. The van der Waals surface area contributed by atoms with E-state index in [9.17, 15) is 9.59 Å². The number of hydrogen-bond acceptors (Lipinski definition) is 5.